The fourth-order valence-electron chi connectivity index (χ4n) is 2.82. The highest BCUT2D eigenvalue weighted by atomic mass is 32.1. The molecule has 2 aromatic heterocycles. The molecular formula is C20H17FN4O2S. The Labute approximate surface area is 164 Å². The van der Waals surface area contributed by atoms with Gasteiger partial charge in [0.1, 0.15) is 11.6 Å². The molecule has 0 atom stereocenters. The van der Waals surface area contributed by atoms with Crippen molar-refractivity contribution in [3.8, 4) is 17.1 Å². The number of amides is 1. The molecule has 0 saturated heterocycles. The Morgan fingerprint density at radius 2 is 2.11 bits per heavy atom. The van der Waals surface area contributed by atoms with Crippen LogP contribution >= 0.6 is 11.3 Å². The molecule has 1 N–H and O–H groups in total. The molecule has 0 spiro atoms. The average Bonchev–Trinajstić information content (AvgIpc) is 3.30. The van der Waals surface area contributed by atoms with Gasteiger partial charge < -0.3 is 10.1 Å². The third-order valence-electron chi connectivity index (χ3n) is 4.26. The molecule has 6 nitrogen and oxygen atoms in total. The molecular weight excluding hydrogens is 379 g/mol. The lowest BCUT2D eigenvalue weighted by Gasteiger charge is -2.06. The first-order chi connectivity index (χ1) is 13.7. The first kappa shape index (κ1) is 18.1. The molecule has 4 aromatic rings. The topological polar surface area (TPSA) is 68.5 Å². The van der Waals surface area contributed by atoms with Crippen LogP contribution in [-0.4, -0.2) is 34.2 Å². The minimum absolute atomic E-state index is 0.170. The monoisotopic (exact) mass is 396 g/mol. The van der Waals surface area contributed by atoms with Gasteiger partial charge in [0.05, 0.1) is 18.4 Å². The van der Waals surface area contributed by atoms with Gasteiger partial charge in [-0.3, -0.25) is 4.79 Å². The van der Waals surface area contributed by atoms with E-state index in [0.717, 1.165) is 5.69 Å². The van der Waals surface area contributed by atoms with E-state index in [-0.39, 0.29) is 11.7 Å². The van der Waals surface area contributed by atoms with Crippen LogP contribution in [0.3, 0.4) is 0 Å². The van der Waals surface area contributed by atoms with E-state index in [9.17, 15) is 9.18 Å². The summed E-state index contributed by atoms with van der Waals surface area (Å²) in [6.07, 6.45) is 0.579. The first-order valence-electron chi connectivity index (χ1n) is 8.66. The summed E-state index contributed by atoms with van der Waals surface area (Å²) >= 11 is 1.43. The van der Waals surface area contributed by atoms with E-state index in [1.54, 1.807) is 54.1 Å². The molecule has 1 amide bonds. The fraction of sp³-hybridized carbons (Fsp3) is 0.150. The van der Waals surface area contributed by atoms with Crippen molar-refractivity contribution < 1.29 is 13.9 Å². The van der Waals surface area contributed by atoms with Crippen molar-refractivity contribution in [3.05, 3.63) is 71.0 Å². The number of ether oxygens (including phenoxy) is 1. The first-order valence-corrected chi connectivity index (χ1v) is 9.54. The quantitative estimate of drug-likeness (QED) is 0.541. The molecule has 0 radical (unpaired) electrons. The van der Waals surface area contributed by atoms with Crippen molar-refractivity contribution in [1.29, 1.82) is 0 Å². The number of benzene rings is 2. The number of nitrogens with one attached hydrogen (secondary N) is 1. The smallest absolute Gasteiger partial charge is 0.251 e. The number of carbonyl (C=O) groups is 1. The summed E-state index contributed by atoms with van der Waals surface area (Å²) in [5, 5.41) is 9.26. The molecule has 2 aromatic carbocycles. The van der Waals surface area contributed by atoms with Crippen molar-refractivity contribution in [3.63, 3.8) is 0 Å². The molecule has 0 aliphatic rings. The van der Waals surface area contributed by atoms with Crippen LogP contribution in [0.4, 0.5) is 4.39 Å². The Morgan fingerprint density at radius 1 is 1.25 bits per heavy atom. The normalized spacial score (nSPS) is 10.9. The van der Waals surface area contributed by atoms with Crippen LogP contribution in [0, 0.1) is 5.82 Å². The van der Waals surface area contributed by atoms with Gasteiger partial charge in [0, 0.05) is 23.9 Å². The van der Waals surface area contributed by atoms with Gasteiger partial charge in [0.25, 0.3) is 5.91 Å². The maximum atomic E-state index is 14.0. The summed E-state index contributed by atoms with van der Waals surface area (Å²) < 4.78 is 20.8. The van der Waals surface area contributed by atoms with Crippen molar-refractivity contribution >= 4 is 22.2 Å². The summed E-state index contributed by atoms with van der Waals surface area (Å²) in [5.41, 5.74) is 1.81. The standard InChI is InChI=1S/C20H17FN4O2S/c1-27-15-6-4-5-13(11-15)19(26)22-10-9-14-12-28-20-23-18(24-25(14)20)16-7-2-3-8-17(16)21/h2-8,11-12H,9-10H2,1H3,(H,22,26). The number of fused-ring (bicyclic) bond motifs is 1. The molecule has 28 heavy (non-hydrogen) atoms. The van der Waals surface area contributed by atoms with Gasteiger partial charge in [-0.2, -0.15) is 4.98 Å². The lowest BCUT2D eigenvalue weighted by Crippen LogP contribution is -2.26. The van der Waals surface area contributed by atoms with Crippen molar-refractivity contribution in [2.45, 2.75) is 6.42 Å². The minimum Gasteiger partial charge on any atom is -0.497 e. The highest BCUT2D eigenvalue weighted by Crippen LogP contribution is 2.23. The van der Waals surface area contributed by atoms with Crippen LogP contribution in [0.1, 0.15) is 16.1 Å². The molecule has 0 aliphatic carbocycles. The number of nitrogens with zero attached hydrogens (tertiary/aromatic N) is 3. The maximum absolute atomic E-state index is 14.0. The zero-order chi connectivity index (χ0) is 19.5. The summed E-state index contributed by atoms with van der Waals surface area (Å²) in [6.45, 7) is 0.441. The van der Waals surface area contributed by atoms with Crippen LogP contribution in [0.2, 0.25) is 0 Å². The third kappa shape index (κ3) is 3.59. The van der Waals surface area contributed by atoms with E-state index in [1.807, 2.05) is 5.38 Å². The Balaban J connectivity index is 1.45. The maximum Gasteiger partial charge on any atom is 0.251 e. The minimum atomic E-state index is -0.354. The van der Waals surface area contributed by atoms with E-state index in [1.165, 1.54) is 17.4 Å². The van der Waals surface area contributed by atoms with Gasteiger partial charge >= 0.3 is 0 Å². The van der Waals surface area contributed by atoms with Gasteiger partial charge in [-0.1, -0.05) is 18.2 Å². The van der Waals surface area contributed by atoms with Crippen LogP contribution in [0.15, 0.2) is 53.9 Å². The predicted molar refractivity (Wildman–Crippen MR) is 105 cm³/mol. The largest absolute Gasteiger partial charge is 0.497 e. The molecule has 142 valence electrons. The van der Waals surface area contributed by atoms with Crippen LogP contribution in [0.25, 0.3) is 16.3 Å². The van der Waals surface area contributed by atoms with E-state index in [2.05, 4.69) is 15.4 Å². The van der Waals surface area contributed by atoms with Gasteiger partial charge in [0.15, 0.2) is 5.82 Å². The lowest BCUT2D eigenvalue weighted by atomic mass is 10.2. The third-order valence-corrected chi connectivity index (χ3v) is 5.13. The van der Waals surface area contributed by atoms with Crippen LogP contribution in [0.5, 0.6) is 5.75 Å². The average molecular weight is 396 g/mol. The van der Waals surface area contributed by atoms with Crippen molar-refractivity contribution in [1.82, 2.24) is 19.9 Å². The van der Waals surface area contributed by atoms with Gasteiger partial charge in [-0.05, 0) is 30.3 Å². The van der Waals surface area contributed by atoms with E-state index in [0.29, 0.717) is 40.6 Å². The SMILES string of the molecule is COc1cccc(C(=O)NCCc2csc3nc(-c4ccccc4F)nn23)c1. The predicted octanol–water partition coefficient (Wildman–Crippen LogP) is 3.58. The number of carbonyl (C=O) groups excluding carboxylic acids is 1. The highest BCUT2D eigenvalue weighted by molar-refractivity contribution is 7.15. The highest BCUT2D eigenvalue weighted by Gasteiger charge is 2.14. The van der Waals surface area contributed by atoms with Gasteiger partial charge in [-0.15, -0.1) is 16.4 Å². The second-order valence-electron chi connectivity index (χ2n) is 6.07. The van der Waals surface area contributed by atoms with E-state index < -0.39 is 0 Å². The van der Waals surface area contributed by atoms with E-state index in [4.69, 9.17) is 4.74 Å². The lowest BCUT2D eigenvalue weighted by molar-refractivity contribution is 0.0953. The summed E-state index contributed by atoms with van der Waals surface area (Å²) in [5.74, 6) is 0.464. The number of methoxy groups -OCH3 is 1. The Kier molecular flexibility index (Phi) is 5.03. The van der Waals surface area contributed by atoms with E-state index >= 15 is 0 Å². The van der Waals surface area contributed by atoms with Gasteiger partial charge in [-0.25, -0.2) is 8.91 Å². The summed E-state index contributed by atoms with van der Waals surface area (Å²) in [7, 11) is 1.56. The fourth-order valence-corrected chi connectivity index (χ4v) is 3.68. The Morgan fingerprint density at radius 3 is 2.93 bits per heavy atom. The number of aromatic nitrogens is 3. The molecule has 0 bridgehead atoms. The molecule has 0 aliphatic heterocycles. The second kappa shape index (κ2) is 7.77. The van der Waals surface area contributed by atoms with Crippen LogP contribution < -0.4 is 10.1 Å². The Hall–Kier alpha value is -3.26. The number of halogens is 1. The number of hydrogen-bond acceptors (Lipinski definition) is 5. The molecule has 0 fully saturated rings. The van der Waals surface area contributed by atoms with Crippen molar-refractivity contribution in [2.75, 3.05) is 13.7 Å². The molecule has 2 heterocycles. The zero-order valence-corrected chi connectivity index (χ0v) is 15.9. The number of rotatable bonds is 6. The number of thiazole rings is 1. The van der Waals surface area contributed by atoms with Crippen molar-refractivity contribution in [2.24, 2.45) is 0 Å². The zero-order valence-electron chi connectivity index (χ0n) is 15.1. The van der Waals surface area contributed by atoms with Crippen LogP contribution in [-0.2, 0) is 6.42 Å². The molecule has 0 unspecified atom stereocenters. The molecule has 0 saturated carbocycles. The molecule has 8 heteroatoms. The summed E-state index contributed by atoms with van der Waals surface area (Å²) in [4.78, 5) is 17.4. The molecule has 4 rings (SSSR count). The Bertz CT molecular complexity index is 1140. The second-order valence-corrected chi connectivity index (χ2v) is 6.91. The van der Waals surface area contributed by atoms with Gasteiger partial charge in [0.2, 0.25) is 4.96 Å². The summed E-state index contributed by atoms with van der Waals surface area (Å²) in [6, 6.07) is 13.4. The number of hydrogen-bond donors (Lipinski definition) is 1.